The van der Waals surface area contributed by atoms with Gasteiger partial charge in [0.1, 0.15) is 0 Å². The van der Waals surface area contributed by atoms with Gasteiger partial charge >= 0.3 is 0 Å². The highest BCUT2D eigenvalue weighted by Gasteiger charge is 2.23. The predicted octanol–water partition coefficient (Wildman–Crippen LogP) is 3.77. The van der Waals surface area contributed by atoms with E-state index in [0.29, 0.717) is 30.9 Å². The Hall–Kier alpha value is -2.87. The number of fused-ring (bicyclic) bond motifs is 1. The Morgan fingerprint density at radius 2 is 1.71 bits per heavy atom. The fourth-order valence-corrected chi connectivity index (χ4v) is 4.61. The number of carbonyl (C=O) groups excluding carboxylic acids is 2. The third kappa shape index (κ3) is 5.64. The number of amides is 2. The van der Waals surface area contributed by atoms with E-state index < -0.39 is 10.0 Å². The van der Waals surface area contributed by atoms with Crippen LogP contribution in [0.25, 0.3) is 0 Å². The van der Waals surface area contributed by atoms with Gasteiger partial charge in [0.2, 0.25) is 11.8 Å². The minimum Gasteiger partial charge on any atom is -0.338 e. The highest BCUT2D eigenvalue weighted by Crippen LogP contribution is 2.25. The molecule has 0 spiro atoms. The summed E-state index contributed by atoms with van der Waals surface area (Å²) in [6.45, 7) is 6.83. The Balaban J connectivity index is 1.73. The van der Waals surface area contributed by atoms with Crippen LogP contribution < -0.4 is 10.0 Å². The van der Waals surface area contributed by atoms with Crippen molar-refractivity contribution in [1.82, 2.24) is 4.90 Å². The molecule has 166 valence electrons. The summed E-state index contributed by atoms with van der Waals surface area (Å²) in [5.41, 5.74) is 3.09. The van der Waals surface area contributed by atoms with Crippen molar-refractivity contribution in [2.45, 2.75) is 51.5 Å². The number of nitrogens with zero attached hydrogens (tertiary/aromatic N) is 1. The van der Waals surface area contributed by atoms with Gasteiger partial charge in [-0.3, -0.25) is 14.3 Å². The number of rotatable bonds is 7. The first-order valence-electron chi connectivity index (χ1n) is 10.5. The largest absolute Gasteiger partial charge is 0.338 e. The summed E-state index contributed by atoms with van der Waals surface area (Å²) in [4.78, 5) is 25.9. The van der Waals surface area contributed by atoms with Crippen molar-refractivity contribution in [2.24, 2.45) is 5.92 Å². The third-order valence-corrected chi connectivity index (χ3v) is 6.60. The summed E-state index contributed by atoms with van der Waals surface area (Å²) in [5.74, 6) is -0.0731. The number of benzene rings is 2. The molecule has 0 atom stereocenters. The molecule has 0 unspecified atom stereocenters. The maximum atomic E-state index is 12.8. The van der Waals surface area contributed by atoms with E-state index in [4.69, 9.17) is 0 Å². The van der Waals surface area contributed by atoms with Gasteiger partial charge in [-0.15, -0.1) is 0 Å². The molecule has 31 heavy (non-hydrogen) atoms. The molecular weight excluding hydrogens is 414 g/mol. The third-order valence-electron chi connectivity index (χ3n) is 5.20. The molecule has 3 rings (SSSR count). The van der Waals surface area contributed by atoms with Gasteiger partial charge in [-0.05, 0) is 60.4 Å². The SMILES string of the molecule is CCCC(=O)Nc1ccc(S(=O)(=O)Nc2ccc3c(c2)CN(C(=O)C(C)C)CC3)cc1. The average molecular weight is 444 g/mol. The van der Waals surface area contributed by atoms with E-state index in [1.165, 1.54) is 12.1 Å². The highest BCUT2D eigenvalue weighted by atomic mass is 32.2. The van der Waals surface area contributed by atoms with Crippen LogP contribution in [0, 0.1) is 5.92 Å². The van der Waals surface area contributed by atoms with Crippen LogP contribution in [-0.4, -0.2) is 31.7 Å². The number of sulfonamides is 1. The van der Waals surface area contributed by atoms with E-state index >= 15 is 0 Å². The maximum absolute atomic E-state index is 12.8. The summed E-state index contributed by atoms with van der Waals surface area (Å²) >= 11 is 0. The second-order valence-corrected chi connectivity index (χ2v) is 9.76. The van der Waals surface area contributed by atoms with Crippen molar-refractivity contribution < 1.29 is 18.0 Å². The lowest BCUT2D eigenvalue weighted by Crippen LogP contribution is -2.38. The first kappa shape index (κ1) is 22.8. The molecule has 0 saturated carbocycles. The zero-order chi connectivity index (χ0) is 22.6. The van der Waals surface area contributed by atoms with Crippen molar-refractivity contribution in [1.29, 1.82) is 0 Å². The quantitative estimate of drug-likeness (QED) is 0.681. The van der Waals surface area contributed by atoms with E-state index in [0.717, 1.165) is 24.0 Å². The van der Waals surface area contributed by atoms with Gasteiger partial charge in [-0.25, -0.2) is 8.42 Å². The first-order valence-corrected chi connectivity index (χ1v) is 12.0. The molecule has 1 aliphatic rings. The number of anilines is 2. The Kier molecular flexibility index (Phi) is 7.00. The molecule has 2 aromatic carbocycles. The minimum atomic E-state index is -3.78. The normalized spacial score (nSPS) is 13.6. The number of nitrogens with one attached hydrogen (secondary N) is 2. The molecule has 2 aromatic rings. The van der Waals surface area contributed by atoms with E-state index in [1.807, 2.05) is 31.7 Å². The molecule has 0 radical (unpaired) electrons. The van der Waals surface area contributed by atoms with E-state index in [1.54, 1.807) is 24.3 Å². The Morgan fingerprint density at radius 1 is 1.03 bits per heavy atom. The number of carbonyl (C=O) groups is 2. The highest BCUT2D eigenvalue weighted by molar-refractivity contribution is 7.92. The zero-order valence-electron chi connectivity index (χ0n) is 18.1. The van der Waals surface area contributed by atoms with Crippen LogP contribution in [0.15, 0.2) is 47.4 Å². The lowest BCUT2D eigenvalue weighted by molar-refractivity contribution is -0.135. The minimum absolute atomic E-state index is 0.0713. The summed E-state index contributed by atoms with van der Waals surface area (Å²) in [6.07, 6.45) is 1.92. The predicted molar refractivity (Wildman–Crippen MR) is 121 cm³/mol. The Morgan fingerprint density at radius 3 is 2.35 bits per heavy atom. The van der Waals surface area contributed by atoms with Crippen LogP contribution in [0.5, 0.6) is 0 Å². The Bertz CT molecular complexity index is 1060. The molecule has 0 aliphatic carbocycles. The van der Waals surface area contributed by atoms with Gasteiger partial charge in [-0.1, -0.05) is 26.8 Å². The molecule has 1 heterocycles. The van der Waals surface area contributed by atoms with Crippen molar-refractivity contribution in [3.63, 3.8) is 0 Å². The van der Waals surface area contributed by atoms with Gasteiger partial charge in [0.25, 0.3) is 10.0 Å². The smallest absolute Gasteiger partial charge is 0.261 e. The van der Waals surface area contributed by atoms with Crippen LogP contribution in [0.4, 0.5) is 11.4 Å². The number of hydrogen-bond acceptors (Lipinski definition) is 4. The average Bonchev–Trinajstić information content (AvgIpc) is 2.73. The second kappa shape index (κ2) is 9.51. The van der Waals surface area contributed by atoms with Gasteiger partial charge in [0.05, 0.1) is 4.90 Å². The van der Waals surface area contributed by atoms with Gasteiger partial charge < -0.3 is 10.2 Å². The van der Waals surface area contributed by atoms with Crippen molar-refractivity contribution in [3.05, 3.63) is 53.6 Å². The molecule has 0 aromatic heterocycles. The molecular formula is C23H29N3O4S. The molecule has 2 amide bonds. The molecule has 7 nitrogen and oxygen atoms in total. The van der Waals surface area contributed by atoms with E-state index in [-0.39, 0.29) is 22.6 Å². The van der Waals surface area contributed by atoms with Crippen molar-refractivity contribution in [3.8, 4) is 0 Å². The fraction of sp³-hybridized carbons (Fsp3) is 0.391. The number of hydrogen-bond donors (Lipinski definition) is 2. The fourth-order valence-electron chi connectivity index (χ4n) is 3.56. The van der Waals surface area contributed by atoms with Gasteiger partial charge in [0.15, 0.2) is 0 Å². The lowest BCUT2D eigenvalue weighted by Gasteiger charge is -2.30. The lowest BCUT2D eigenvalue weighted by atomic mass is 9.98. The molecule has 8 heteroatoms. The summed E-state index contributed by atoms with van der Waals surface area (Å²) < 4.78 is 28.2. The Labute approximate surface area is 183 Å². The zero-order valence-corrected chi connectivity index (χ0v) is 19.0. The van der Waals surface area contributed by atoms with Gasteiger partial charge in [0, 0.05) is 36.8 Å². The molecule has 0 saturated heterocycles. The molecule has 0 bridgehead atoms. The van der Waals surface area contributed by atoms with Crippen LogP contribution in [0.3, 0.4) is 0 Å². The van der Waals surface area contributed by atoms with Gasteiger partial charge in [-0.2, -0.15) is 0 Å². The van der Waals surface area contributed by atoms with Crippen LogP contribution in [0.2, 0.25) is 0 Å². The van der Waals surface area contributed by atoms with Crippen LogP contribution in [-0.2, 0) is 32.6 Å². The van der Waals surface area contributed by atoms with Crippen molar-refractivity contribution in [2.75, 3.05) is 16.6 Å². The topological polar surface area (TPSA) is 95.6 Å². The second-order valence-electron chi connectivity index (χ2n) is 8.08. The first-order chi connectivity index (χ1) is 14.7. The molecule has 1 aliphatic heterocycles. The molecule has 0 fully saturated rings. The monoisotopic (exact) mass is 443 g/mol. The van der Waals surface area contributed by atoms with Crippen molar-refractivity contribution >= 4 is 33.2 Å². The standard InChI is InChI=1S/C23H29N3O4S/c1-4-5-22(27)24-19-8-10-21(11-9-19)31(29,30)25-20-7-6-17-12-13-26(15-18(17)14-20)23(28)16(2)3/h6-11,14,16,25H,4-5,12-13,15H2,1-3H3,(H,24,27). The van der Waals surface area contributed by atoms with E-state index in [9.17, 15) is 18.0 Å². The molecule has 2 N–H and O–H groups in total. The summed E-state index contributed by atoms with van der Waals surface area (Å²) in [5, 5.41) is 2.74. The van der Waals surface area contributed by atoms with Crippen LogP contribution in [0.1, 0.15) is 44.7 Å². The summed E-state index contributed by atoms with van der Waals surface area (Å²) in [6, 6.07) is 11.5. The maximum Gasteiger partial charge on any atom is 0.261 e. The van der Waals surface area contributed by atoms with Crippen LogP contribution >= 0.6 is 0 Å². The summed E-state index contributed by atoms with van der Waals surface area (Å²) in [7, 11) is -3.78. The van der Waals surface area contributed by atoms with E-state index in [2.05, 4.69) is 10.0 Å².